The lowest BCUT2D eigenvalue weighted by molar-refractivity contribution is 0.0955. The molecule has 1 aromatic heterocycles. The highest BCUT2D eigenvalue weighted by Crippen LogP contribution is 2.20. The monoisotopic (exact) mass is 465 g/mol. The number of amides is 1. The molecule has 3 rings (SSSR count). The van der Waals surface area contributed by atoms with Crippen LogP contribution in [0.3, 0.4) is 0 Å². The van der Waals surface area contributed by atoms with Gasteiger partial charge in [-0.15, -0.1) is 0 Å². The molecule has 3 aromatic rings. The molecule has 9 nitrogen and oxygen atoms in total. The Balaban J connectivity index is 1.58. The first-order valence-corrected chi connectivity index (χ1v) is 11.6. The van der Waals surface area contributed by atoms with Crippen molar-refractivity contribution in [3.8, 4) is 11.8 Å². The molecule has 0 bridgehead atoms. The Morgan fingerprint density at radius 3 is 2.61 bits per heavy atom. The third-order valence-electron chi connectivity index (χ3n) is 4.45. The summed E-state index contributed by atoms with van der Waals surface area (Å²) in [6.45, 7) is 2.97. The number of sulfonamides is 1. The number of hydrogen-bond acceptors (Lipinski definition) is 7. The topological polar surface area (TPSA) is 133 Å². The fourth-order valence-corrected chi connectivity index (χ4v) is 3.96. The van der Waals surface area contributed by atoms with Crippen molar-refractivity contribution < 1.29 is 17.9 Å². The summed E-state index contributed by atoms with van der Waals surface area (Å²) in [4.78, 5) is 16.6. The SMILES string of the molecule is CCOc1ccc(S(=O)(=O)Nc2cccc(C(=O)NCCNc3ncccc3C#N)c2)cc1. The van der Waals surface area contributed by atoms with E-state index in [1.165, 1.54) is 18.2 Å². The van der Waals surface area contributed by atoms with Crippen molar-refractivity contribution in [2.45, 2.75) is 11.8 Å². The summed E-state index contributed by atoms with van der Waals surface area (Å²) in [6, 6.07) is 17.6. The second-order valence-electron chi connectivity index (χ2n) is 6.78. The molecule has 0 radical (unpaired) electrons. The Morgan fingerprint density at radius 2 is 1.88 bits per heavy atom. The minimum absolute atomic E-state index is 0.0816. The summed E-state index contributed by atoms with van der Waals surface area (Å²) in [5.74, 6) is 0.664. The zero-order valence-electron chi connectivity index (χ0n) is 17.9. The number of hydrogen-bond donors (Lipinski definition) is 3. The van der Waals surface area contributed by atoms with Crippen molar-refractivity contribution in [3.63, 3.8) is 0 Å². The fourth-order valence-electron chi connectivity index (χ4n) is 2.92. The van der Waals surface area contributed by atoms with E-state index in [4.69, 9.17) is 10.00 Å². The molecule has 2 aromatic carbocycles. The molecule has 33 heavy (non-hydrogen) atoms. The van der Waals surface area contributed by atoms with Gasteiger partial charge in [0.15, 0.2) is 0 Å². The Bertz CT molecular complexity index is 1250. The first-order chi connectivity index (χ1) is 15.9. The van der Waals surface area contributed by atoms with Gasteiger partial charge in [-0.25, -0.2) is 13.4 Å². The van der Waals surface area contributed by atoms with Crippen molar-refractivity contribution in [1.82, 2.24) is 10.3 Å². The van der Waals surface area contributed by atoms with Crippen LogP contribution in [0.5, 0.6) is 5.75 Å². The average molecular weight is 466 g/mol. The van der Waals surface area contributed by atoms with E-state index in [1.54, 1.807) is 48.7 Å². The number of nitrogens with zero attached hydrogens (tertiary/aromatic N) is 2. The quantitative estimate of drug-likeness (QED) is 0.392. The van der Waals surface area contributed by atoms with Crippen LogP contribution in [0.4, 0.5) is 11.5 Å². The van der Waals surface area contributed by atoms with E-state index in [-0.39, 0.29) is 23.0 Å². The molecule has 0 fully saturated rings. The van der Waals surface area contributed by atoms with E-state index >= 15 is 0 Å². The van der Waals surface area contributed by atoms with Gasteiger partial charge in [-0.1, -0.05) is 6.07 Å². The van der Waals surface area contributed by atoms with Gasteiger partial charge in [0.05, 0.1) is 17.1 Å². The van der Waals surface area contributed by atoms with Crippen molar-refractivity contribution in [2.75, 3.05) is 29.7 Å². The Kier molecular flexibility index (Phi) is 7.83. The van der Waals surface area contributed by atoms with Gasteiger partial charge in [0.2, 0.25) is 0 Å². The minimum Gasteiger partial charge on any atom is -0.494 e. The third-order valence-corrected chi connectivity index (χ3v) is 5.85. The van der Waals surface area contributed by atoms with Crippen LogP contribution in [-0.2, 0) is 10.0 Å². The predicted molar refractivity (Wildman–Crippen MR) is 125 cm³/mol. The predicted octanol–water partition coefficient (Wildman–Crippen LogP) is 2.99. The van der Waals surface area contributed by atoms with Gasteiger partial charge in [-0.3, -0.25) is 9.52 Å². The molecule has 0 aliphatic heterocycles. The number of anilines is 2. The lowest BCUT2D eigenvalue weighted by Crippen LogP contribution is -2.29. The van der Waals surface area contributed by atoms with Gasteiger partial charge in [0.25, 0.3) is 15.9 Å². The largest absolute Gasteiger partial charge is 0.494 e. The third kappa shape index (κ3) is 6.44. The molecule has 0 spiro atoms. The van der Waals surface area contributed by atoms with Crippen molar-refractivity contribution in [3.05, 3.63) is 78.0 Å². The van der Waals surface area contributed by atoms with E-state index in [2.05, 4.69) is 20.3 Å². The van der Waals surface area contributed by atoms with Crippen LogP contribution in [0.15, 0.2) is 71.8 Å². The minimum atomic E-state index is -3.83. The van der Waals surface area contributed by atoms with E-state index in [1.807, 2.05) is 13.0 Å². The molecule has 170 valence electrons. The number of benzene rings is 2. The van der Waals surface area contributed by atoms with Crippen LogP contribution in [0, 0.1) is 11.3 Å². The molecule has 0 saturated carbocycles. The molecule has 0 saturated heterocycles. The molecular formula is C23H23N5O4S. The molecule has 0 aliphatic carbocycles. The van der Waals surface area contributed by atoms with Crippen molar-refractivity contribution in [2.24, 2.45) is 0 Å². The van der Waals surface area contributed by atoms with Crippen molar-refractivity contribution >= 4 is 27.4 Å². The van der Waals surface area contributed by atoms with E-state index in [0.29, 0.717) is 35.8 Å². The highest BCUT2D eigenvalue weighted by Gasteiger charge is 2.15. The zero-order chi connectivity index (χ0) is 23.7. The number of aromatic nitrogens is 1. The van der Waals surface area contributed by atoms with E-state index in [9.17, 15) is 13.2 Å². The van der Waals surface area contributed by atoms with Crippen LogP contribution in [0.25, 0.3) is 0 Å². The van der Waals surface area contributed by atoms with E-state index in [0.717, 1.165) is 0 Å². The maximum Gasteiger partial charge on any atom is 0.261 e. The standard InChI is InChI=1S/C23H23N5O4S/c1-2-32-20-8-10-21(11-9-20)33(30,31)28-19-7-3-5-17(15-19)23(29)27-14-13-26-22-18(16-24)6-4-12-25-22/h3-12,15,28H,2,13-14H2,1H3,(H,25,26)(H,27,29). The summed E-state index contributed by atoms with van der Waals surface area (Å²) in [5, 5.41) is 14.8. The lowest BCUT2D eigenvalue weighted by Gasteiger charge is -2.11. The summed E-state index contributed by atoms with van der Waals surface area (Å²) in [6.07, 6.45) is 1.57. The number of carbonyl (C=O) groups excluding carboxylic acids is 1. The van der Waals surface area contributed by atoms with Gasteiger partial charge in [0.1, 0.15) is 17.6 Å². The molecule has 10 heteroatoms. The van der Waals surface area contributed by atoms with Crippen molar-refractivity contribution in [1.29, 1.82) is 5.26 Å². The maximum absolute atomic E-state index is 12.7. The zero-order valence-corrected chi connectivity index (χ0v) is 18.7. The highest BCUT2D eigenvalue weighted by atomic mass is 32.2. The van der Waals surface area contributed by atoms with Crippen LogP contribution in [0.2, 0.25) is 0 Å². The number of nitriles is 1. The second-order valence-corrected chi connectivity index (χ2v) is 8.47. The molecule has 0 unspecified atom stereocenters. The van der Waals surface area contributed by atoms with Crippen LogP contribution in [0.1, 0.15) is 22.8 Å². The number of ether oxygens (including phenoxy) is 1. The van der Waals surface area contributed by atoms with E-state index < -0.39 is 10.0 Å². The molecule has 1 heterocycles. The van der Waals surface area contributed by atoms with Gasteiger partial charge in [-0.2, -0.15) is 5.26 Å². The van der Waals surface area contributed by atoms with Crippen LogP contribution in [-0.4, -0.2) is 39.0 Å². The lowest BCUT2D eigenvalue weighted by atomic mass is 10.2. The highest BCUT2D eigenvalue weighted by molar-refractivity contribution is 7.92. The first kappa shape index (κ1) is 23.6. The van der Waals surface area contributed by atoms with Gasteiger partial charge in [0, 0.05) is 30.5 Å². The van der Waals surface area contributed by atoms with Crippen LogP contribution >= 0.6 is 0 Å². The fraction of sp³-hybridized carbons (Fsp3) is 0.174. The molecule has 1 amide bonds. The normalized spacial score (nSPS) is 10.7. The maximum atomic E-state index is 12.7. The summed E-state index contributed by atoms with van der Waals surface area (Å²) >= 11 is 0. The average Bonchev–Trinajstić information content (AvgIpc) is 2.82. The second kappa shape index (κ2) is 11.0. The molecule has 0 atom stereocenters. The summed E-state index contributed by atoms with van der Waals surface area (Å²) < 4.78 is 33.1. The molecular weight excluding hydrogens is 442 g/mol. The van der Waals surface area contributed by atoms with Gasteiger partial charge in [-0.05, 0) is 61.5 Å². The number of pyridine rings is 1. The smallest absolute Gasteiger partial charge is 0.261 e. The van der Waals surface area contributed by atoms with Crippen LogP contribution < -0.4 is 20.1 Å². The van der Waals surface area contributed by atoms with Gasteiger partial charge < -0.3 is 15.4 Å². The molecule has 3 N–H and O–H groups in total. The number of rotatable bonds is 10. The Hall–Kier alpha value is -4.10. The number of nitrogens with one attached hydrogen (secondary N) is 3. The first-order valence-electron chi connectivity index (χ1n) is 10.2. The summed E-state index contributed by atoms with van der Waals surface area (Å²) in [5.41, 5.74) is 0.982. The van der Waals surface area contributed by atoms with Gasteiger partial charge >= 0.3 is 0 Å². The molecule has 0 aliphatic rings. The number of carbonyl (C=O) groups is 1. The summed E-state index contributed by atoms with van der Waals surface area (Å²) in [7, 11) is -3.83. The Labute approximate surface area is 192 Å². The Morgan fingerprint density at radius 1 is 1.09 bits per heavy atom.